The van der Waals surface area contributed by atoms with E-state index in [-0.39, 0.29) is 17.1 Å². The summed E-state index contributed by atoms with van der Waals surface area (Å²) in [6.07, 6.45) is -1.01. The first-order valence-corrected chi connectivity index (χ1v) is 5.99. The van der Waals surface area contributed by atoms with Gasteiger partial charge in [0, 0.05) is 7.05 Å². The van der Waals surface area contributed by atoms with Gasteiger partial charge in [-0.1, -0.05) is 0 Å². The van der Waals surface area contributed by atoms with Crippen molar-refractivity contribution in [1.29, 1.82) is 0 Å². The number of carbonyl (C=O) groups is 3. The predicted molar refractivity (Wildman–Crippen MR) is 72.6 cm³/mol. The summed E-state index contributed by atoms with van der Waals surface area (Å²) in [6.45, 7) is 1.42. The van der Waals surface area contributed by atoms with E-state index >= 15 is 0 Å². The Balaban J connectivity index is 2.89. The number of carbonyl (C=O) groups excluding carboxylic acids is 2. The Kier molecular flexibility index (Phi) is 5.53. The number of carboxylic acid groups (broad SMARTS) is 1. The van der Waals surface area contributed by atoms with E-state index in [4.69, 9.17) is 14.6 Å². The van der Waals surface area contributed by atoms with Crippen LogP contribution in [0.2, 0.25) is 0 Å². The summed E-state index contributed by atoms with van der Waals surface area (Å²) >= 11 is 0. The van der Waals surface area contributed by atoms with E-state index in [9.17, 15) is 14.4 Å². The molecule has 0 fully saturated rings. The zero-order valence-electron chi connectivity index (χ0n) is 11.8. The lowest BCUT2D eigenvalue weighted by Crippen LogP contribution is -2.44. The first-order chi connectivity index (χ1) is 9.88. The number of rotatable bonds is 5. The summed E-state index contributed by atoms with van der Waals surface area (Å²) in [5, 5.41) is 13.2. The van der Waals surface area contributed by atoms with Crippen molar-refractivity contribution < 1.29 is 29.0 Å². The predicted octanol–water partition coefficient (Wildman–Crippen LogP) is 0.616. The number of aromatic carboxylic acids is 1. The fraction of sp³-hybridized carbons (Fsp3) is 0.308. The third kappa shape index (κ3) is 4.37. The Morgan fingerprint density at radius 1 is 1.24 bits per heavy atom. The summed E-state index contributed by atoms with van der Waals surface area (Å²) in [5.74, 6) is -1.43. The standard InChI is InChI=1S/C13H16N2O6/c1-7(11(16)15-13(19)14-2)21-10-6-8(12(17)18)4-5-9(10)20-3/h4-7H,1-3H3,(H,17,18)(H2,14,15,16,19). The van der Waals surface area contributed by atoms with Crippen molar-refractivity contribution in [2.24, 2.45) is 0 Å². The lowest BCUT2D eigenvalue weighted by atomic mass is 10.2. The van der Waals surface area contributed by atoms with Gasteiger partial charge in [-0.05, 0) is 25.1 Å². The third-order valence-corrected chi connectivity index (χ3v) is 2.55. The van der Waals surface area contributed by atoms with Crippen molar-refractivity contribution in [3.05, 3.63) is 23.8 Å². The van der Waals surface area contributed by atoms with Crippen LogP contribution in [-0.4, -0.2) is 43.3 Å². The molecule has 0 radical (unpaired) electrons. The minimum atomic E-state index is -1.13. The minimum absolute atomic E-state index is 0.00953. The maximum absolute atomic E-state index is 11.7. The second-order valence-corrected chi connectivity index (χ2v) is 4.00. The third-order valence-electron chi connectivity index (χ3n) is 2.55. The molecule has 1 aromatic carbocycles. The maximum Gasteiger partial charge on any atom is 0.335 e. The normalized spacial score (nSPS) is 11.2. The zero-order valence-corrected chi connectivity index (χ0v) is 11.8. The van der Waals surface area contributed by atoms with Crippen LogP contribution in [0.1, 0.15) is 17.3 Å². The van der Waals surface area contributed by atoms with Crippen LogP contribution >= 0.6 is 0 Å². The van der Waals surface area contributed by atoms with Gasteiger partial charge < -0.3 is 19.9 Å². The van der Waals surface area contributed by atoms with Crippen molar-refractivity contribution in [3.63, 3.8) is 0 Å². The van der Waals surface area contributed by atoms with Crippen molar-refractivity contribution in [3.8, 4) is 11.5 Å². The SMILES string of the molecule is CNC(=O)NC(=O)C(C)Oc1cc(C(=O)O)ccc1OC. The molecule has 8 heteroatoms. The van der Waals surface area contributed by atoms with Crippen LogP contribution in [0.5, 0.6) is 11.5 Å². The Labute approximate surface area is 121 Å². The molecule has 0 spiro atoms. The van der Waals surface area contributed by atoms with Gasteiger partial charge in [-0.15, -0.1) is 0 Å². The van der Waals surface area contributed by atoms with Crippen LogP contribution in [0.25, 0.3) is 0 Å². The first kappa shape index (κ1) is 16.3. The van der Waals surface area contributed by atoms with Crippen LogP contribution in [0.15, 0.2) is 18.2 Å². The Bertz CT molecular complexity index is 558. The topological polar surface area (TPSA) is 114 Å². The summed E-state index contributed by atoms with van der Waals surface area (Å²) in [6, 6.07) is 3.35. The molecule has 3 amide bonds. The molecule has 0 saturated heterocycles. The molecular formula is C13H16N2O6. The Hall–Kier alpha value is -2.77. The Morgan fingerprint density at radius 2 is 1.90 bits per heavy atom. The van der Waals surface area contributed by atoms with Gasteiger partial charge in [-0.25, -0.2) is 9.59 Å². The summed E-state index contributed by atoms with van der Waals surface area (Å²) in [5.41, 5.74) is -0.00953. The smallest absolute Gasteiger partial charge is 0.335 e. The molecule has 0 aliphatic carbocycles. The number of imide groups is 1. The van der Waals surface area contributed by atoms with E-state index in [2.05, 4.69) is 10.6 Å². The molecule has 0 aliphatic rings. The number of amides is 3. The number of nitrogens with one attached hydrogen (secondary N) is 2. The molecular weight excluding hydrogens is 280 g/mol. The monoisotopic (exact) mass is 296 g/mol. The highest BCUT2D eigenvalue weighted by Gasteiger charge is 2.19. The molecule has 0 aromatic heterocycles. The molecule has 21 heavy (non-hydrogen) atoms. The number of methoxy groups -OCH3 is 1. The van der Waals surface area contributed by atoms with Gasteiger partial charge in [0.05, 0.1) is 12.7 Å². The molecule has 0 saturated carbocycles. The minimum Gasteiger partial charge on any atom is -0.493 e. The van der Waals surface area contributed by atoms with E-state index in [1.165, 1.54) is 39.3 Å². The highest BCUT2D eigenvalue weighted by atomic mass is 16.5. The molecule has 1 rings (SSSR count). The molecule has 114 valence electrons. The maximum atomic E-state index is 11.7. The van der Waals surface area contributed by atoms with Crippen LogP contribution in [-0.2, 0) is 4.79 Å². The van der Waals surface area contributed by atoms with Gasteiger partial charge in [0.1, 0.15) is 0 Å². The molecule has 0 heterocycles. The molecule has 0 bridgehead atoms. The lowest BCUT2D eigenvalue weighted by molar-refractivity contribution is -0.126. The van der Waals surface area contributed by atoms with E-state index < -0.39 is 24.0 Å². The number of benzene rings is 1. The van der Waals surface area contributed by atoms with Gasteiger partial charge in [0.2, 0.25) is 0 Å². The second-order valence-electron chi connectivity index (χ2n) is 4.00. The highest BCUT2D eigenvalue weighted by Crippen LogP contribution is 2.29. The molecule has 0 aliphatic heterocycles. The summed E-state index contributed by atoms with van der Waals surface area (Å²) in [4.78, 5) is 33.7. The molecule has 1 atom stereocenters. The molecule has 1 unspecified atom stereocenters. The molecule has 8 nitrogen and oxygen atoms in total. The fourth-order valence-electron chi connectivity index (χ4n) is 1.42. The van der Waals surface area contributed by atoms with Gasteiger partial charge in [-0.3, -0.25) is 10.1 Å². The van der Waals surface area contributed by atoms with E-state index in [0.717, 1.165) is 0 Å². The van der Waals surface area contributed by atoms with E-state index in [1.807, 2.05) is 0 Å². The van der Waals surface area contributed by atoms with Crippen molar-refractivity contribution in [1.82, 2.24) is 10.6 Å². The zero-order chi connectivity index (χ0) is 16.0. The number of ether oxygens (including phenoxy) is 2. The average molecular weight is 296 g/mol. The van der Waals surface area contributed by atoms with Crippen molar-refractivity contribution in [2.75, 3.05) is 14.2 Å². The number of hydrogen-bond acceptors (Lipinski definition) is 5. The Morgan fingerprint density at radius 3 is 2.43 bits per heavy atom. The van der Waals surface area contributed by atoms with Crippen molar-refractivity contribution in [2.45, 2.75) is 13.0 Å². The first-order valence-electron chi connectivity index (χ1n) is 5.99. The number of hydrogen-bond donors (Lipinski definition) is 3. The van der Waals surface area contributed by atoms with Gasteiger partial charge in [-0.2, -0.15) is 0 Å². The average Bonchev–Trinajstić information content (AvgIpc) is 2.46. The van der Waals surface area contributed by atoms with Crippen LogP contribution in [0.4, 0.5) is 4.79 Å². The summed E-state index contributed by atoms with van der Waals surface area (Å²) in [7, 11) is 2.76. The van der Waals surface area contributed by atoms with Gasteiger partial charge >= 0.3 is 12.0 Å². The van der Waals surface area contributed by atoms with Gasteiger partial charge in [0.15, 0.2) is 17.6 Å². The fourth-order valence-corrected chi connectivity index (χ4v) is 1.42. The second kappa shape index (κ2) is 7.13. The lowest BCUT2D eigenvalue weighted by Gasteiger charge is -2.16. The van der Waals surface area contributed by atoms with E-state index in [0.29, 0.717) is 0 Å². The van der Waals surface area contributed by atoms with Crippen LogP contribution in [0.3, 0.4) is 0 Å². The van der Waals surface area contributed by atoms with Crippen molar-refractivity contribution >= 4 is 17.9 Å². The summed E-state index contributed by atoms with van der Waals surface area (Å²) < 4.78 is 10.4. The van der Waals surface area contributed by atoms with Gasteiger partial charge in [0.25, 0.3) is 5.91 Å². The van der Waals surface area contributed by atoms with Crippen LogP contribution in [0, 0.1) is 0 Å². The largest absolute Gasteiger partial charge is 0.493 e. The van der Waals surface area contributed by atoms with E-state index in [1.54, 1.807) is 0 Å². The highest BCUT2D eigenvalue weighted by molar-refractivity contribution is 5.96. The number of carboxylic acids is 1. The quantitative estimate of drug-likeness (QED) is 0.733. The molecule has 3 N–H and O–H groups in total. The van der Waals surface area contributed by atoms with Crippen LogP contribution < -0.4 is 20.1 Å². The molecule has 1 aromatic rings. The number of urea groups is 1.